The van der Waals surface area contributed by atoms with Crippen LogP contribution in [0, 0.1) is 0 Å². The zero-order chi connectivity index (χ0) is 12.3. The number of nitrogens with one attached hydrogen (secondary N) is 1. The predicted molar refractivity (Wildman–Crippen MR) is 71.3 cm³/mol. The summed E-state index contributed by atoms with van der Waals surface area (Å²) >= 11 is 1.39. The van der Waals surface area contributed by atoms with Gasteiger partial charge in [-0.3, -0.25) is 4.79 Å². The van der Waals surface area contributed by atoms with Gasteiger partial charge in [0, 0.05) is 0 Å². The van der Waals surface area contributed by atoms with Crippen molar-refractivity contribution >= 4 is 28.5 Å². The zero-order valence-electron chi connectivity index (χ0n) is 9.68. The van der Waals surface area contributed by atoms with E-state index in [1.165, 1.54) is 11.8 Å². The third-order valence-electron chi connectivity index (χ3n) is 2.37. The van der Waals surface area contributed by atoms with Crippen molar-refractivity contribution in [2.45, 2.75) is 19.1 Å². The molecule has 1 unspecified atom stereocenters. The maximum atomic E-state index is 11.2. The number of rotatable bonds is 2. The van der Waals surface area contributed by atoms with E-state index in [9.17, 15) is 4.79 Å². The SMILES string of the molecule is CC(=N/N=C1/NC(=O)C(C)S1)c1ccccc1. The molecule has 0 aromatic heterocycles. The van der Waals surface area contributed by atoms with Gasteiger partial charge in [-0.25, -0.2) is 0 Å². The summed E-state index contributed by atoms with van der Waals surface area (Å²) in [6.07, 6.45) is 0. The molecule has 1 aromatic rings. The number of nitrogens with zero attached hydrogens (tertiary/aromatic N) is 2. The van der Waals surface area contributed by atoms with Gasteiger partial charge in [0.1, 0.15) is 0 Å². The van der Waals surface area contributed by atoms with Gasteiger partial charge < -0.3 is 5.32 Å². The second kappa shape index (κ2) is 5.14. The number of amidine groups is 1. The van der Waals surface area contributed by atoms with Crippen LogP contribution in [-0.4, -0.2) is 22.0 Å². The van der Waals surface area contributed by atoms with E-state index in [0.29, 0.717) is 5.17 Å². The first-order valence-corrected chi connectivity index (χ1v) is 6.20. The molecule has 1 heterocycles. The molecule has 88 valence electrons. The van der Waals surface area contributed by atoms with Crippen molar-refractivity contribution in [3.05, 3.63) is 35.9 Å². The highest BCUT2D eigenvalue weighted by Crippen LogP contribution is 2.18. The van der Waals surface area contributed by atoms with Gasteiger partial charge in [-0.2, -0.15) is 5.10 Å². The topological polar surface area (TPSA) is 53.8 Å². The second-order valence-electron chi connectivity index (χ2n) is 3.71. The van der Waals surface area contributed by atoms with Crippen LogP contribution in [0.25, 0.3) is 0 Å². The number of carbonyl (C=O) groups excluding carboxylic acids is 1. The van der Waals surface area contributed by atoms with Crippen LogP contribution in [0.1, 0.15) is 19.4 Å². The summed E-state index contributed by atoms with van der Waals surface area (Å²) in [6, 6.07) is 9.81. The van der Waals surface area contributed by atoms with Gasteiger partial charge in [0.05, 0.1) is 11.0 Å². The molecule has 2 rings (SSSR count). The summed E-state index contributed by atoms with van der Waals surface area (Å²) in [4.78, 5) is 11.2. The lowest BCUT2D eigenvalue weighted by atomic mass is 10.1. The fraction of sp³-hybridized carbons (Fsp3) is 0.250. The van der Waals surface area contributed by atoms with E-state index in [-0.39, 0.29) is 11.2 Å². The lowest BCUT2D eigenvalue weighted by Crippen LogP contribution is -2.23. The van der Waals surface area contributed by atoms with E-state index in [1.54, 1.807) is 0 Å². The van der Waals surface area contributed by atoms with Crippen LogP contribution in [0.2, 0.25) is 0 Å². The Hall–Kier alpha value is -1.62. The molecular weight excluding hydrogens is 234 g/mol. The van der Waals surface area contributed by atoms with Crippen molar-refractivity contribution < 1.29 is 4.79 Å². The molecule has 1 aromatic carbocycles. The summed E-state index contributed by atoms with van der Waals surface area (Å²) in [7, 11) is 0. The molecule has 1 aliphatic heterocycles. The number of hydrogen-bond acceptors (Lipinski definition) is 4. The third kappa shape index (κ3) is 2.94. The Kier molecular flexibility index (Phi) is 3.58. The summed E-state index contributed by atoms with van der Waals surface area (Å²) in [5.74, 6) is -0.0127. The molecule has 1 N–H and O–H groups in total. The normalized spacial score (nSPS) is 22.9. The molecule has 0 spiro atoms. The van der Waals surface area contributed by atoms with Crippen molar-refractivity contribution in [1.29, 1.82) is 0 Å². The van der Waals surface area contributed by atoms with E-state index in [0.717, 1.165) is 11.3 Å². The summed E-state index contributed by atoms with van der Waals surface area (Å²) in [5, 5.41) is 11.3. The van der Waals surface area contributed by atoms with Crippen molar-refractivity contribution in [1.82, 2.24) is 5.32 Å². The highest BCUT2D eigenvalue weighted by atomic mass is 32.2. The minimum Gasteiger partial charge on any atom is -0.303 e. The second-order valence-corrected chi connectivity index (χ2v) is 5.04. The Labute approximate surface area is 104 Å². The van der Waals surface area contributed by atoms with Crippen LogP contribution in [0.3, 0.4) is 0 Å². The maximum Gasteiger partial charge on any atom is 0.239 e. The van der Waals surface area contributed by atoms with E-state index >= 15 is 0 Å². The van der Waals surface area contributed by atoms with Gasteiger partial charge >= 0.3 is 0 Å². The Morgan fingerprint density at radius 1 is 1.35 bits per heavy atom. The van der Waals surface area contributed by atoms with E-state index < -0.39 is 0 Å². The number of hydrogen-bond donors (Lipinski definition) is 1. The molecule has 0 aliphatic carbocycles. The summed E-state index contributed by atoms with van der Waals surface area (Å²) in [6.45, 7) is 3.74. The number of thioether (sulfide) groups is 1. The highest BCUT2D eigenvalue weighted by Gasteiger charge is 2.25. The standard InChI is InChI=1S/C12H13N3OS/c1-8(10-6-4-3-5-7-10)14-15-12-13-11(16)9(2)17-12/h3-7,9H,1-2H3,(H,13,15,16). The van der Waals surface area contributed by atoms with Crippen LogP contribution in [0.5, 0.6) is 0 Å². The van der Waals surface area contributed by atoms with Crippen LogP contribution < -0.4 is 5.32 Å². The fourth-order valence-corrected chi connectivity index (χ4v) is 2.11. The van der Waals surface area contributed by atoms with Crippen LogP contribution >= 0.6 is 11.8 Å². The molecule has 1 amide bonds. The van der Waals surface area contributed by atoms with Gasteiger partial charge in [-0.05, 0) is 19.4 Å². The van der Waals surface area contributed by atoms with Gasteiger partial charge in [0.2, 0.25) is 5.91 Å². The molecule has 0 saturated carbocycles. The Morgan fingerprint density at radius 3 is 2.65 bits per heavy atom. The minimum atomic E-state index is -0.0824. The Morgan fingerprint density at radius 2 is 2.06 bits per heavy atom. The first-order chi connectivity index (χ1) is 8.16. The molecule has 0 radical (unpaired) electrons. The molecule has 1 aliphatic rings. The minimum absolute atomic E-state index is 0.0127. The molecule has 0 bridgehead atoms. The molecule has 1 atom stereocenters. The van der Waals surface area contributed by atoms with Gasteiger partial charge in [-0.1, -0.05) is 42.1 Å². The van der Waals surface area contributed by atoms with E-state index in [4.69, 9.17) is 0 Å². The van der Waals surface area contributed by atoms with Crippen LogP contribution in [0.4, 0.5) is 0 Å². The lowest BCUT2D eigenvalue weighted by Gasteiger charge is -1.97. The lowest BCUT2D eigenvalue weighted by molar-refractivity contribution is -0.118. The first-order valence-electron chi connectivity index (χ1n) is 5.32. The number of benzene rings is 1. The quantitative estimate of drug-likeness (QED) is 0.642. The Balaban J connectivity index is 2.11. The molecule has 5 heteroatoms. The van der Waals surface area contributed by atoms with E-state index in [1.807, 2.05) is 44.2 Å². The van der Waals surface area contributed by atoms with Crippen molar-refractivity contribution in [3.63, 3.8) is 0 Å². The third-order valence-corrected chi connectivity index (χ3v) is 3.34. The van der Waals surface area contributed by atoms with E-state index in [2.05, 4.69) is 15.5 Å². The Bertz CT molecular complexity index is 482. The number of amides is 1. The summed E-state index contributed by atoms with van der Waals surface area (Å²) < 4.78 is 0. The van der Waals surface area contributed by atoms with Crippen molar-refractivity contribution in [2.24, 2.45) is 10.2 Å². The molecule has 1 fully saturated rings. The average molecular weight is 247 g/mol. The molecule has 4 nitrogen and oxygen atoms in total. The fourth-order valence-electron chi connectivity index (χ4n) is 1.36. The predicted octanol–water partition coefficient (Wildman–Crippen LogP) is 2.02. The van der Waals surface area contributed by atoms with Gasteiger partial charge in [0.15, 0.2) is 5.17 Å². The molecule has 17 heavy (non-hydrogen) atoms. The smallest absolute Gasteiger partial charge is 0.239 e. The average Bonchev–Trinajstić information content (AvgIpc) is 2.67. The monoisotopic (exact) mass is 247 g/mol. The van der Waals surface area contributed by atoms with Crippen molar-refractivity contribution in [2.75, 3.05) is 0 Å². The van der Waals surface area contributed by atoms with Gasteiger partial charge in [0.25, 0.3) is 0 Å². The molecule has 1 saturated heterocycles. The molecular formula is C12H13N3OS. The number of carbonyl (C=O) groups is 1. The van der Waals surface area contributed by atoms with Gasteiger partial charge in [-0.15, -0.1) is 5.10 Å². The highest BCUT2D eigenvalue weighted by molar-refractivity contribution is 8.15. The largest absolute Gasteiger partial charge is 0.303 e. The van der Waals surface area contributed by atoms with Crippen LogP contribution in [-0.2, 0) is 4.79 Å². The maximum absolute atomic E-state index is 11.2. The summed E-state index contributed by atoms with van der Waals surface area (Å²) in [5.41, 5.74) is 1.85. The first kappa shape index (κ1) is 11.9. The van der Waals surface area contributed by atoms with Crippen molar-refractivity contribution in [3.8, 4) is 0 Å². The zero-order valence-corrected chi connectivity index (χ0v) is 10.5. The van der Waals surface area contributed by atoms with Crippen LogP contribution in [0.15, 0.2) is 40.5 Å².